The molecule has 1 aliphatic carbocycles. The van der Waals surface area contributed by atoms with Gasteiger partial charge in [0.2, 0.25) is 11.8 Å². The van der Waals surface area contributed by atoms with Gasteiger partial charge >= 0.3 is 0 Å². The van der Waals surface area contributed by atoms with Crippen molar-refractivity contribution in [2.45, 2.75) is 52.2 Å². The number of aliphatic hydroxyl groups is 2. The second-order valence-corrected chi connectivity index (χ2v) is 11.7. The molecule has 4 atom stereocenters. The number of hydrogen-bond acceptors (Lipinski definition) is 6. The Labute approximate surface area is 232 Å². The lowest BCUT2D eigenvalue weighted by molar-refractivity contribution is -0.140. The molecule has 3 N–H and O–H groups in total. The first-order valence-electron chi connectivity index (χ1n) is 13.6. The summed E-state index contributed by atoms with van der Waals surface area (Å²) in [6, 6.07) is 15.2. The first-order chi connectivity index (χ1) is 18.8. The normalized spacial score (nSPS) is 22.6. The second-order valence-electron chi connectivity index (χ2n) is 10.6. The van der Waals surface area contributed by atoms with Crippen molar-refractivity contribution >= 4 is 40.0 Å². The van der Waals surface area contributed by atoms with E-state index in [0.717, 1.165) is 38.8 Å². The van der Waals surface area contributed by atoms with Crippen LogP contribution in [0.4, 0.5) is 0 Å². The van der Waals surface area contributed by atoms with Crippen molar-refractivity contribution in [1.82, 2.24) is 4.90 Å². The maximum Gasteiger partial charge on any atom is 0.234 e. The van der Waals surface area contributed by atoms with Crippen LogP contribution in [0.1, 0.15) is 50.0 Å². The van der Waals surface area contributed by atoms with E-state index in [4.69, 9.17) is 0 Å². The number of imide groups is 1. The number of aromatic hydroxyl groups is 1. The molecule has 0 radical (unpaired) electrons. The van der Waals surface area contributed by atoms with Crippen LogP contribution in [0.25, 0.3) is 16.8 Å². The number of amides is 2. The molecule has 0 spiro atoms. The molecule has 7 heteroatoms. The molecular formula is C32H35NO5S. The van der Waals surface area contributed by atoms with E-state index < -0.39 is 23.9 Å². The van der Waals surface area contributed by atoms with E-state index in [-0.39, 0.29) is 30.7 Å². The molecule has 2 aliphatic rings. The minimum Gasteiger partial charge on any atom is -0.507 e. The molecule has 3 aromatic rings. The van der Waals surface area contributed by atoms with Crippen molar-refractivity contribution in [1.29, 1.82) is 0 Å². The van der Waals surface area contributed by atoms with E-state index in [9.17, 15) is 24.9 Å². The summed E-state index contributed by atoms with van der Waals surface area (Å²) in [5.41, 5.74) is 3.78. The van der Waals surface area contributed by atoms with Gasteiger partial charge < -0.3 is 15.3 Å². The second kappa shape index (κ2) is 11.5. The number of carbonyl (C=O) groups is 2. The van der Waals surface area contributed by atoms with Crippen LogP contribution in [-0.4, -0.2) is 44.7 Å². The zero-order valence-corrected chi connectivity index (χ0v) is 23.2. The number of aliphatic hydroxyl groups excluding tert-OH is 2. The van der Waals surface area contributed by atoms with Crippen LogP contribution < -0.4 is 0 Å². The van der Waals surface area contributed by atoms with Crippen LogP contribution in [0, 0.1) is 17.8 Å². The van der Waals surface area contributed by atoms with E-state index in [1.54, 1.807) is 6.07 Å². The van der Waals surface area contributed by atoms with Gasteiger partial charge in [-0.1, -0.05) is 60.5 Å². The van der Waals surface area contributed by atoms with Crippen molar-refractivity contribution in [3.63, 3.8) is 0 Å². The number of benzene rings is 2. The Balaban J connectivity index is 1.34. The molecule has 1 fully saturated rings. The van der Waals surface area contributed by atoms with Crippen LogP contribution in [0.2, 0.25) is 0 Å². The molecule has 39 heavy (non-hydrogen) atoms. The standard InChI is InChI=1S/C32H35NO5S/c1-3-20(16-21-11-13-27(35)24-9-5-4-8-23(21)24)10-12-28(36)29-19(2)15-25-30(26(29)18-34)32(38)33(31(25)37)17-22-7-6-14-39-22/h4-9,11,13-14,16,25-26,28,30,34-36H,3,10,12,15,17-18H2,1-2H3/b20-16+/t25-,26+,28-,30-/m1/s1. The fourth-order valence-electron chi connectivity index (χ4n) is 6.38. The first-order valence-corrected chi connectivity index (χ1v) is 14.5. The average molecular weight is 546 g/mol. The molecule has 0 unspecified atom stereocenters. The number of rotatable bonds is 9. The smallest absolute Gasteiger partial charge is 0.234 e. The quantitative estimate of drug-likeness (QED) is 0.238. The van der Waals surface area contributed by atoms with Crippen molar-refractivity contribution in [2.24, 2.45) is 17.8 Å². The third-order valence-electron chi connectivity index (χ3n) is 8.36. The van der Waals surface area contributed by atoms with Gasteiger partial charge in [0.25, 0.3) is 0 Å². The van der Waals surface area contributed by atoms with Crippen molar-refractivity contribution in [3.05, 3.63) is 81.1 Å². The highest BCUT2D eigenvalue weighted by atomic mass is 32.1. The topological polar surface area (TPSA) is 98.1 Å². The minimum atomic E-state index is -0.816. The molecule has 1 aromatic heterocycles. The lowest BCUT2D eigenvalue weighted by atomic mass is 9.68. The molecule has 2 aromatic carbocycles. The Bertz CT molecular complexity index is 1440. The fraction of sp³-hybridized carbons (Fsp3) is 0.375. The van der Waals surface area contributed by atoms with Crippen LogP contribution in [0.5, 0.6) is 5.75 Å². The van der Waals surface area contributed by atoms with Crippen molar-refractivity contribution < 1.29 is 24.9 Å². The molecule has 1 aliphatic heterocycles. The Morgan fingerprint density at radius 1 is 1.10 bits per heavy atom. The number of fused-ring (bicyclic) bond motifs is 2. The van der Waals surface area contributed by atoms with E-state index in [1.807, 2.05) is 54.8 Å². The number of nitrogens with zero attached hydrogens (tertiary/aromatic N) is 1. The summed E-state index contributed by atoms with van der Waals surface area (Å²) in [6.45, 7) is 3.97. The SMILES string of the molecule is CC/C(=C\c1ccc(O)c2ccccc12)CC[C@@H](O)C1=C(C)C[C@H]2C(=O)N(Cc3cccs3)C(=O)[C@H]2[C@H]1CO. The summed E-state index contributed by atoms with van der Waals surface area (Å²) in [7, 11) is 0. The van der Waals surface area contributed by atoms with Crippen molar-refractivity contribution in [2.75, 3.05) is 6.61 Å². The lowest BCUT2D eigenvalue weighted by Gasteiger charge is -2.35. The highest BCUT2D eigenvalue weighted by molar-refractivity contribution is 7.09. The number of carbonyl (C=O) groups excluding carboxylic acids is 2. The van der Waals surface area contributed by atoms with Gasteiger partial charge in [-0.05, 0) is 66.6 Å². The summed E-state index contributed by atoms with van der Waals surface area (Å²) < 4.78 is 0. The maximum atomic E-state index is 13.4. The summed E-state index contributed by atoms with van der Waals surface area (Å²) in [5.74, 6) is -1.87. The molecule has 6 nitrogen and oxygen atoms in total. The Hall–Kier alpha value is -3.26. The van der Waals surface area contributed by atoms with Crippen molar-refractivity contribution in [3.8, 4) is 5.75 Å². The van der Waals surface area contributed by atoms with Gasteiger partial charge in [0, 0.05) is 16.2 Å². The predicted molar refractivity (Wildman–Crippen MR) is 154 cm³/mol. The monoisotopic (exact) mass is 545 g/mol. The lowest BCUT2D eigenvalue weighted by Crippen LogP contribution is -2.38. The third kappa shape index (κ3) is 5.19. The van der Waals surface area contributed by atoms with Gasteiger partial charge in [0.05, 0.1) is 31.1 Å². The highest BCUT2D eigenvalue weighted by Crippen LogP contribution is 2.46. The number of phenolic OH excluding ortho intramolecular Hbond substituents is 1. The zero-order chi connectivity index (χ0) is 27.7. The molecule has 5 rings (SSSR count). The van der Waals surface area contributed by atoms with Crippen LogP contribution in [0.15, 0.2) is 70.6 Å². The number of thiophene rings is 1. The number of likely N-dealkylation sites (tertiary alicyclic amines) is 1. The molecule has 204 valence electrons. The van der Waals surface area contributed by atoms with Gasteiger partial charge in [-0.25, -0.2) is 0 Å². The van der Waals surface area contributed by atoms with E-state index in [1.165, 1.54) is 16.2 Å². The van der Waals surface area contributed by atoms with Gasteiger partial charge in [-0.15, -0.1) is 11.3 Å². The summed E-state index contributed by atoms with van der Waals surface area (Å²) in [4.78, 5) is 28.9. The van der Waals surface area contributed by atoms with E-state index in [2.05, 4.69) is 13.0 Å². The van der Waals surface area contributed by atoms with Gasteiger partial charge in [0.1, 0.15) is 5.75 Å². The zero-order valence-electron chi connectivity index (χ0n) is 22.3. The highest BCUT2D eigenvalue weighted by Gasteiger charge is 2.54. The number of hydrogen-bond donors (Lipinski definition) is 3. The van der Waals surface area contributed by atoms with Gasteiger partial charge in [0.15, 0.2) is 0 Å². The van der Waals surface area contributed by atoms with E-state index >= 15 is 0 Å². The fourth-order valence-corrected chi connectivity index (χ4v) is 7.07. The average Bonchev–Trinajstić information content (AvgIpc) is 3.54. The molecule has 2 heterocycles. The van der Waals surface area contributed by atoms with Crippen LogP contribution >= 0.6 is 11.3 Å². The maximum absolute atomic E-state index is 13.4. The van der Waals surface area contributed by atoms with Crippen LogP contribution in [-0.2, 0) is 16.1 Å². The van der Waals surface area contributed by atoms with Crippen LogP contribution in [0.3, 0.4) is 0 Å². The minimum absolute atomic E-state index is 0.179. The molecule has 0 saturated carbocycles. The van der Waals surface area contributed by atoms with Gasteiger partial charge in [-0.3, -0.25) is 14.5 Å². The summed E-state index contributed by atoms with van der Waals surface area (Å²) in [5, 5.41) is 35.7. The molecule has 2 amide bonds. The molecule has 1 saturated heterocycles. The van der Waals surface area contributed by atoms with E-state index in [0.29, 0.717) is 24.8 Å². The summed E-state index contributed by atoms with van der Waals surface area (Å²) >= 11 is 1.51. The number of phenols is 1. The Kier molecular flexibility index (Phi) is 8.03. The molecule has 0 bridgehead atoms. The Morgan fingerprint density at radius 2 is 1.87 bits per heavy atom. The summed E-state index contributed by atoms with van der Waals surface area (Å²) in [6.07, 6.45) is 3.64. The largest absolute Gasteiger partial charge is 0.507 e. The first kappa shape index (κ1) is 27.3. The van der Waals surface area contributed by atoms with Gasteiger partial charge in [-0.2, -0.15) is 0 Å². The molecular weight excluding hydrogens is 510 g/mol. The third-order valence-corrected chi connectivity index (χ3v) is 9.22. The predicted octanol–water partition coefficient (Wildman–Crippen LogP) is 5.67. The Morgan fingerprint density at radius 3 is 2.56 bits per heavy atom. The number of allylic oxidation sites excluding steroid dienone is 2.